The van der Waals surface area contributed by atoms with Crippen molar-refractivity contribution in [2.75, 3.05) is 6.61 Å². The summed E-state index contributed by atoms with van der Waals surface area (Å²) in [5.41, 5.74) is -2.68. The third-order valence-corrected chi connectivity index (χ3v) is 3.68. The van der Waals surface area contributed by atoms with Gasteiger partial charge in [-0.3, -0.25) is 14.4 Å². The first-order chi connectivity index (χ1) is 9.36. The van der Waals surface area contributed by atoms with E-state index in [1.54, 1.807) is 0 Å². The van der Waals surface area contributed by atoms with E-state index in [1.807, 2.05) is 0 Å². The van der Waals surface area contributed by atoms with Crippen molar-refractivity contribution in [3.8, 4) is 0 Å². The number of rotatable bonds is 5. The minimum absolute atomic E-state index is 0.272. The van der Waals surface area contributed by atoms with Crippen LogP contribution in [0.2, 0.25) is 0 Å². The fourth-order valence-corrected chi connectivity index (χ4v) is 2.74. The van der Waals surface area contributed by atoms with Crippen molar-refractivity contribution in [2.24, 2.45) is 17.3 Å². The molecule has 1 saturated carbocycles. The van der Waals surface area contributed by atoms with Crippen LogP contribution in [0.25, 0.3) is 0 Å². The Morgan fingerprint density at radius 3 is 1.76 bits per heavy atom. The molecule has 1 rings (SSSR count). The summed E-state index contributed by atoms with van der Waals surface area (Å²) < 4.78 is 69.0. The van der Waals surface area contributed by atoms with Crippen LogP contribution in [0.1, 0.15) is 20.8 Å². The van der Waals surface area contributed by atoms with Crippen molar-refractivity contribution in [3.63, 3.8) is 0 Å². The van der Waals surface area contributed by atoms with Crippen molar-refractivity contribution in [2.45, 2.75) is 32.9 Å². The van der Waals surface area contributed by atoms with Crippen molar-refractivity contribution in [3.05, 3.63) is 0 Å². The number of hydrogen-bond donors (Lipinski definition) is 0. The average molecular weight is 316 g/mol. The Morgan fingerprint density at radius 2 is 1.48 bits per heavy atom. The molecule has 0 aromatic rings. The Labute approximate surface area is 116 Å². The molecule has 1 fully saturated rings. The molecule has 120 valence electrons. The largest absolute Gasteiger partial charge is 0.466 e. The van der Waals surface area contributed by atoms with Crippen LogP contribution in [0.5, 0.6) is 0 Å². The monoisotopic (exact) mass is 316 g/mol. The zero-order valence-electron chi connectivity index (χ0n) is 11.4. The zero-order chi connectivity index (χ0) is 16.8. The molecule has 2 atom stereocenters. The first-order valence-corrected chi connectivity index (χ1v) is 6.00. The maximum Gasteiger partial charge on any atom is 0.453 e. The van der Waals surface area contributed by atoms with E-state index >= 15 is 0 Å². The Balaban J connectivity index is 3.38. The van der Waals surface area contributed by atoms with E-state index < -0.39 is 46.9 Å². The lowest BCUT2D eigenvalue weighted by molar-refractivity contribution is -0.294. The number of esters is 1. The van der Waals surface area contributed by atoms with Crippen molar-refractivity contribution >= 4 is 17.5 Å². The molecule has 0 amide bonds. The first-order valence-electron chi connectivity index (χ1n) is 6.00. The quantitative estimate of drug-likeness (QED) is 0.443. The van der Waals surface area contributed by atoms with Crippen LogP contribution in [-0.2, 0) is 19.1 Å². The maximum atomic E-state index is 13.5. The number of hydrogen-bond acceptors (Lipinski definition) is 4. The molecule has 0 N–H and O–H groups in total. The fraction of sp³-hybridized carbons (Fsp3) is 0.750. The molecule has 1 aliphatic carbocycles. The van der Waals surface area contributed by atoms with E-state index in [4.69, 9.17) is 0 Å². The summed E-state index contributed by atoms with van der Waals surface area (Å²) in [6.07, 6.45) is -5.98. The molecule has 4 nitrogen and oxygen atoms in total. The number of ketones is 2. The number of halogens is 5. The summed E-state index contributed by atoms with van der Waals surface area (Å²) in [7, 11) is 0. The molecule has 0 aromatic carbocycles. The van der Waals surface area contributed by atoms with Crippen molar-refractivity contribution in [1.29, 1.82) is 0 Å². The number of Topliss-reactive ketones (excluding diaryl/α,β-unsaturated/α-hetero) is 2. The molecule has 0 bridgehead atoms. The lowest BCUT2D eigenvalue weighted by atomic mass is 9.90. The molecule has 0 unspecified atom stereocenters. The van der Waals surface area contributed by atoms with Gasteiger partial charge in [0.2, 0.25) is 0 Å². The van der Waals surface area contributed by atoms with Gasteiger partial charge in [0, 0.05) is 0 Å². The highest BCUT2D eigenvalue weighted by molar-refractivity contribution is 6.13. The van der Waals surface area contributed by atoms with Gasteiger partial charge in [0.25, 0.3) is 0 Å². The van der Waals surface area contributed by atoms with Gasteiger partial charge < -0.3 is 4.74 Å². The summed E-state index contributed by atoms with van der Waals surface area (Å²) >= 11 is 0. The van der Waals surface area contributed by atoms with Crippen molar-refractivity contribution in [1.82, 2.24) is 0 Å². The molecule has 0 heterocycles. The van der Waals surface area contributed by atoms with E-state index in [0.29, 0.717) is 13.8 Å². The van der Waals surface area contributed by atoms with E-state index in [9.17, 15) is 36.3 Å². The van der Waals surface area contributed by atoms with E-state index in [-0.39, 0.29) is 6.61 Å². The smallest absolute Gasteiger partial charge is 0.453 e. The lowest BCUT2D eigenvalue weighted by Gasteiger charge is -2.21. The Kier molecular flexibility index (Phi) is 4.19. The highest BCUT2D eigenvalue weighted by Gasteiger charge is 2.87. The molecule has 0 aromatic heterocycles. The van der Waals surface area contributed by atoms with Crippen LogP contribution in [0, 0.1) is 17.3 Å². The second-order valence-corrected chi connectivity index (χ2v) is 4.81. The van der Waals surface area contributed by atoms with Gasteiger partial charge in [0.15, 0.2) is 0 Å². The van der Waals surface area contributed by atoms with Crippen LogP contribution in [0.4, 0.5) is 22.0 Å². The second kappa shape index (κ2) is 5.03. The van der Waals surface area contributed by atoms with Gasteiger partial charge in [-0.2, -0.15) is 22.0 Å². The van der Waals surface area contributed by atoms with Crippen LogP contribution < -0.4 is 0 Å². The predicted molar refractivity (Wildman–Crippen MR) is 58.4 cm³/mol. The third-order valence-electron chi connectivity index (χ3n) is 3.68. The predicted octanol–water partition coefficient (Wildman–Crippen LogP) is 2.16. The summed E-state index contributed by atoms with van der Waals surface area (Å²) in [4.78, 5) is 34.7. The highest BCUT2D eigenvalue weighted by Crippen LogP contribution is 2.69. The molecular weight excluding hydrogens is 303 g/mol. The van der Waals surface area contributed by atoms with E-state index in [1.165, 1.54) is 6.92 Å². The standard InChI is InChI=1S/C12H13F5O4/c1-4-21-9(20)7-8(11(13,14)12(15,16)17)10(7,5(2)18)6(3)19/h7-8H,4H2,1-3H3/t7-,8-/m1/s1. The first kappa shape index (κ1) is 17.5. The Hall–Kier alpha value is -1.54. The molecule has 0 radical (unpaired) electrons. The minimum atomic E-state index is -5.98. The molecular formula is C12H13F5O4. The molecule has 0 spiro atoms. The van der Waals surface area contributed by atoms with E-state index in [2.05, 4.69) is 4.74 Å². The summed E-state index contributed by atoms with van der Waals surface area (Å²) in [5.74, 6) is -14.1. The number of carbonyl (C=O) groups is 3. The molecule has 9 heteroatoms. The second-order valence-electron chi connectivity index (χ2n) is 4.81. The Morgan fingerprint density at radius 1 is 1.05 bits per heavy atom. The maximum absolute atomic E-state index is 13.5. The van der Waals surface area contributed by atoms with Gasteiger partial charge in [-0.1, -0.05) is 0 Å². The van der Waals surface area contributed by atoms with Gasteiger partial charge in [-0.15, -0.1) is 0 Å². The van der Waals surface area contributed by atoms with Gasteiger partial charge in [-0.25, -0.2) is 0 Å². The van der Waals surface area contributed by atoms with Crippen molar-refractivity contribution < 1.29 is 41.1 Å². The van der Waals surface area contributed by atoms with E-state index in [0.717, 1.165) is 0 Å². The van der Waals surface area contributed by atoms with Crippen LogP contribution >= 0.6 is 0 Å². The summed E-state index contributed by atoms with van der Waals surface area (Å²) in [5, 5.41) is 0. The lowest BCUT2D eigenvalue weighted by Crippen LogP contribution is -2.42. The van der Waals surface area contributed by atoms with Crippen LogP contribution in [0.3, 0.4) is 0 Å². The van der Waals surface area contributed by atoms with Gasteiger partial charge in [0.05, 0.1) is 18.4 Å². The highest BCUT2D eigenvalue weighted by atomic mass is 19.4. The normalized spacial score (nSPS) is 24.4. The third kappa shape index (κ3) is 2.32. The molecule has 21 heavy (non-hydrogen) atoms. The van der Waals surface area contributed by atoms with Crippen LogP contribution in [0.15, 0.2) is 0 Å². The fourth-order valence-electron chi connectivity index (χ4n) is 2.74. The van der Waals surface area contributed by atoms with Gasteiger partial charge in [-0.05, 0) is 20.8 Å². The number of alkyl halides is 5. The van der Waals surface area contributed by atoms with Crippen LogP contribution in [-0.4, -0.2) is 36.2 Å². The minimum Gasteiger partial charge on any atom is -0.466 e. The summed E-state index contributed by atoms with van der Waals surface area (Å²) in [6.45, 7) is 2.46. The number of carbonyl (C=O) groups excluding carboxylic acids is 3. The molecule has 0 aliphatic heterocycles. The number of ether oxygens (including phenoxy) is 1. The van der Waals surface area contributed by atoms with Gasteiger partial charge >= 0.3 is 18.1 Å². The SMILES string of the molecule is CCOC(=O)[C@H]1[C@@H](C(F)(F)C(F)(F)F)C1(C(C)=O)C(C)=O. The summed E-state index contributed by atoms with van der Waals surface area (Å²) in [6, 6.07) is 0. The molecule has 0 saturated heterocycles. The molecule has 1 aliphatic rings. The average Bonchev–Trinajstić information content (AvgIpc) is 2.99. The zero-order valence-corrected chi connectivity index (χ0v) is 11.4. The topological polar surface area (TPSA) is 60.4 Å². The van der Waals surface area contributed by atoms with Gasteiger partial charge in [0.1, 0.15) is 17.0 Å². The Bertz CT molecular complexity index is 469.